The van der Waals surface area contributed by atoms with E-state index in [1.165, 1.54) is 12.1 Å². The Morgan fingerprint density at radius 1 is 0.933 bits per heavy atom. The molecular formula is C45H41BrFN7O5S. The standard InChI is InChI=1S/C45H41BrFN7O5S/c1-59-39-19-30(43(55)53-25-31-9-15-40(53)45(31,49)60(57,58)33-12-10-32(46)11-13-33)17-36-41(39)54(24-28-21-51(22-28)44(56)34-14-8-27(20-48)16-35(34)47)42(50-36)38-18-29-4-2-3-5-37(29)52(38)23-26-6-7-26/h2-5,8,10-14,16-19,26,28,31,40H,6-7,9,15,21-25,49H2,1H3/t31?,40?,45-/m1/s1. The van der Waals surface area contributed by atoms with E-state index < -0.39 is 38.4 Å². The van der Waals surface area contributed by atoms with Crippen LogP contribution in [-0.2, 0) is 22.9 Å². The average molecular weight is 891 g/mol. The minimum absolute atomic E-state index is 0.00989. The van der Waals surface area contributed by atoms with Crippen LogP contribution in [0.2, 0.25) is 0 Å². The number of nitrogens with zero attached hydrogens (tertiary/aromatic N) is 6. The highest BCUT2D eigenvalue weighted by Crippen LogP contribution is 2.50. The number of aromatic nitrogens is 3. The van der Waals surface area contributed by atoms with Gasteiger partial charge in [0.05, 0.1) is 46.5 Å². The van der Waals surface area contributed by atoms with E-state index in [4.69, 9.17) is 20.7 Å². The summed E-state index contributed by atoms with van der Waals surface area (Å²) in [5, 5.41) is 10.2. The lowest BCUT2D eigenvalue weighted by Gasteiger charge is -2.40. The molecule has 2 aromatic heterocycles. The maximum Gasteiger partial charge on any atom is 0.256 e. The van der Waals surface area contributed by atoms with Crippen molar-refractivity contribution in [1.82, 2.24) is 23.9 Å². The number of nitriles is 1. The highest BCUT2D eigenvalue weighted by atomic mass is 79.9. The van der Waals surface area contributed by atoms with Crippen LogP contribution in [0.15, 0.2) is 94.3 Å². The third-order valence-electron chi connectivity index (χ3n) is 13.1. The van der Waals surface area contributed by atoms with Gasteiger partial charge in [-0.05, 0) is 98.3 Å². The van der Waals surface area contributed by atoms with Gasteiger partial charge in [-0.25, -0.2) is 17.8 Å². The number of hydrogen-bond donors (Lipinski definition) is 1. The fraction of sp³-hybridized carbons (Fsp3) is 0.333. The van der Waals surface area contributed by atoms with Crippen LogP contribution in [-0.4, -0.2) is 81.8 Å². The van der Waals surface area contributed by atoms with Crippen molar-refractivity contribution in [1.29, 1.82) is 5.26 Å². The van der Waals surface area contributed by atoms with Gasteiger partial charge in [0.1, 0.15) is 22.0 Å². The number of sulfone groups is 1. The fourth-order valence-electron chi connectivity index (χ4n) is 9.76. The number of hydrogen-bond acceptors (Lipinski definition) is 8. The molecule has 4 heterocycles. The van der Waals surface area contributed by atoms with Gasteiger partial charge in [-0.2, -0.15) is 5.26 Å². The first-order chi connectivity index (χ1) is 28.9. The number of nitrogens with two attached hydrogens (primary N) is 1. The molecule has 2 aliphatic heterocycles. The molecule has 12 nitrogen and oxygen atoms in total. The molecule has 2 saturated heterocycles. The number of rotatable bonds is 10. The molecule has 4 aliphatic rings. The van der Waals surface area contributed by atoms with E-state index in [9.17, 15) is 22.4 Å². The van der Waals surface area contributed by atoms with Crippen molar-refractivity contribution in [3.05, 3.63) is 112 Å². The number of para-hydroxylation sites is 1. The number of imidazole rings is 1. The molecule has 0 spiro atoms. The number of halogens is 2. The van der Waals surface area contributed by atoms with E-state index in [0.29, 0.717) is 66.6 Å². The summed E-state index contributed by atoms with van der Waals surface area (Å²) in [5.74, 6) is -0.276. The van der Waals surface area contributed by atoms with Gasteiger partial charge in [-0.3, -0.25) is 9.59 Å². The molecule has 10 rings (SSSR count). The molecule has 15 heteroatoms. The number of amides is 2. The number of benzene rings is 4. The smallest absolute Gasteiger partial charge is 0.256 e. The van der Waals surface area contributed by atoms with Crippen LogP contribution < -0.4 is 10.5 Å². The molecule has 6 aromatic rings. The van der Waals surface area contributed by atoms with Gasteiger partial charge in [0.2, 0.25) is 0 Å². The number of piperidine rings is 1. The fourth-order valence-corrected chi connectivity index (χ4v) is 12.2. The number of likely N-dealkylation sites (tertiary alicyclic amines) is 2. The van der Waals surface area contributed by atoms with Gasteiger partial charge in [0.15, 0.2) is 15.7 Å². The number of carbonyl (C=O) groups excluding carboxylic acids is 2. The Bertz CT molecular complexity index is 2920. The van der Waals surface area contributed by atoms with Crippen molar-refractivity contribution in [3.63, 3.8) is 0 Å². The molecule has 2 amide bonds. The second-order valence-corrected chi connectivity index (χ2v) is 19.8. The summed E-state index contributed by atoms with van der Waals surface area (Å²) in [4.78, 5) is 34.9. The summed E-state index contributed by atoms with van der Waals surface area (Å²) in [6, 6.07) is 25.3. The molecule has 3 atom stereocenters. The first kappa shape index (κ1) is 38.6. The molecule has 60 heavy (non-hydrogen) atoms. The number of fused-ring (bicyclic) bond motifs is 4. The minimum atomic E-state index is -4.01. The van der Waals surface area contributed by atoms with Crippen LogP contribution in [0.3, 0.4) is 0 Å². The topological polar surface area (TPSA) is 157 Å². The number of ether oxygens (including phenoxy) is 1. The van der Waals surface area contributed by atoms with Crippen LogP contribution in [0.5, 0.6) is 5.75 Å². The van der Waals surface area contributed by atoms with Crippen LogP contribution >= 0.6 is 15.9 Å². The molecule has 4 fully saturated rings. The lowest BCUT2D eigenvalue weighted by Crippen LogP contribution is -2.57. The van der Waals surface area contributed by atoms with Gasteiger partial charge in [0.25, 0.3) is 11.8 Å². The summed E-state index contributed by atoms with van der Waals surface area (Å²) in [5.41, 5.74) is 10.6. The Hall–Kier alpha value is -5.56. The van der Waals surface area contributed by atoms with E-state index in [-0.39, 0.29) is 34.4 Å². The first-order valence-corrected chi connectivity index (χ1v) is 22.4. The van der Waals surface area contributed by atoms with Crippen molar-refractivity contribution in [2.75, 3.05) is 26.7 Å². The highest BCUT2D eigenvalue weighted by molar-refractivity contribution is 9.10. The third-order valence-corrected chi connectivity index (χ3v) is 16.0. The van der Waals surface area contributed by atoms with Crippen LogP contribution in [0.1, 0.15) is 52.0 Å². The Morgan fingerprint density at radius 3 is 2.40 bits per heavy atom. The summed E-state index contributed by atoms with van der Waals surface area (Å²) in [7, 11) is -2.46. The molecule has 4 aromatic carbocycles. The molecule has 2 aliphatic carbocycles. The molecule has 2 unspecified atom stereocenters. The van der Waals surface area contributed by atoms with Gasteiger partial charge >= 0.3 is 0 Å². The Kier molecular flexibility index (Phi) is 9.19. The molecule has 2 N–H and O–H groups in total. The Balaban J connectivity index is 1.02. The van der Waals surface area contributed by atoms with E-state index in [0.717, 1.165) is 46.5 Å². The van der Waals surface area contributed by atoms with E-state index in [1.54, 1.807) is 53.3 Å². The largest absolute Gasteiger partial charge is 0.494 e. The maximum absolute atomic E-state index is 14.8. The van der Waals surface area contributed by atoms with Gasteiger partial charge < -0.3 is 29.4 Å². The van der Waals surface area contributed by atoms with Crippen molar-refractivity contribution in [2.45, 2.75) is 54.6 Å². The number of methoxy groups -OCH3 is 1. The lowest BCUT2D eigenvalue weighted by atomic mass is 9.98. The Labute approximate surface area is 354 Å². The zero-order valence-corrected chi connectivity index (χ0v) is 35.1. The van der Waals surface area contributed by atoms with Crippen molar-refractivity contribution in [2.24, 2.45) is 23.5 Å². The highest BCUT2D eigenvalue weighted by Gasteiger charge is 2.64. The lowest BCUT2D eigenvalue weighted by molar-refractivity contribution is 0.0466. The zero-order valence-electron chi connectivity index (χ0n) is 32.7. The number of carbonyl (C=O) groups is 2. The van der Waals surface area contributed by atoms with Crippen LogP contribution in [0, 0.1) is 34.9 Å². The van der Waals surface area contributed by atoms with Crippen molar-refractivity contribution < 1.29 is 27.1 Å². The SMILES string of the molecule is COc1cc(C(=O)N2CC3CCC2[C@]3(N)S(=O)(=O)c2ccc(Br)cc2)cc2nc(-c3cc4ccccc4n3CC3CC3)n(CC3CN(C(=O)c4ccc(C#N)cc4F)C3)c12. The summed E-state index contributed by atoms with van der Waals surface area (Å²) < 4.78 is 54.4. The predicted octanol–water partition coefficient (Wildman–Crippen LogP) is 6.99. The average Bonchev–Trinajstić information content (AvgIpc) is 3.63. The second kappa shape index (κ2) is 14.3. The summed E-state index contributed by atoms with van der Waals surface area (Å²) in [6.07, 6.45) is 3.37. The van der Waals surface area contributed by atoms with Crippen LogP contribution in [0.4, 0.5) is 4.39 Å². The van der Waals surface area contributed by atoms with Gasteiger partial charge in [-0.15, -0.1) is 0 Å². The van der Waals surface area contributed by atoms with E-state index in [2.05, 4.69) is 43.3 Å². The maximum atomic E-state index is 14.8. The normalized spacial score (nSPS) is 21.4. The zero-order chi connectivity index (χ0) is 41.7. The monoisotopic (exact) mass is 889 g/mol. The van der Waals surface area contributed by atoms with Crippen LogP contribution in [0.25, 0.3) is 33.5 Å². The quantitative estimate of drug-likeness (QED) is 0.154. The summed E-state index contributed by atoms with van der Waals surface area (Å²) in [6.45, 7) is 2.25. The predicted molar refractivity (Wildman–Crippen MR) is 226 cm³/mol. The molecule has 0 radical (unpaired) electrons. The Morgan fingerprint density at radius 2 is 1.68 bits per heavy atom. The molecular weight excluding hydrogens is 850 g/mol. The molecule has 2 saturated carbocycles. The van der Waals surface area contributed by atoms with Crippen molar-refractivity contribution >= 4 is 59.5 Å². The second-order valence-electron chi connectivity index (χ2n) is 16.7. The molecule has 306 valence electrons. The van der Waals surface area contributed by atoms with Crippen molar-refractivity contribution in [3.8, 4) is 23.3 Å². The van der Waals surface area contributed by atoms with Gasteiger partial charge in [0, 0.05) is 65.5 Å². The van der Waals surface area contributed by atoms with E-state index >= 15 is 0 Å². The minimum Gasteiger partial charge on any atom is -0.494 e. The van der Waals surface area contributed by atoms with E-state index in [1.807, 2.05) is 18.2 Å². The summed E-state index contributed by atoms with van der Waals surface area (Å²) >= 11 is 3.38. The molecule has 2 bridgehead atoms. The first-order valence-electron chi connectivity index (χ1n) is 20.2. The van der Waals surface area contributed by atoms with Gasteiger partial charge in [-0.1, -0.05) is 34.1 Å². The third kappa shape index (κ3) is 6.05.